The Morgan fingerprint density at radius 2 is 2.14 bits per heavy atom. The fraction of sp³-hybridized carbons (Fsp3) is 0.0909. The van der Waals surface area contributed by atoms with Crippen LogP contribution in [0, 0.1) is 0 Å². The molecule has 1 N–H and O–H groups in total. The third kappa shape index (κ3) is 4.08. The Hall–Kier alpha value is -0.860. The Morgan fingerprint density at radius 3 is 2.86 bits per heavy atom. The van der Waals surface area contributed by atoms with Gasteiger partial charge in [-0.15, -0.1) is 16.8 Å². The standard InChI is InChI=1S/C11H7Cl3N4OS2/c1-2-3-20-11-18-17-10(21-11)16-9(19)8-7(14)6(13)5(12)4-15-8/h2,4H,1,3H2,(H,16,17,19). The fourth-order valence-electron chi connectivity index (χ4n) is 1.21. The highest BCUT2D eigenvalue weighted by molar-refractivity contribution is 8.01. The molecule has 0 aliphatic carbocycles. The molecule has 10 heteroatoms. The van der Waals surface area contributed by atoms with Crippen LogP contribution in [0.15, 0.2) is 23.2 Å². The lowest BCUT2D eigenvalue weighted by Crippen LogP contribution is -2.14. The first-order chi connectivity index (χ1) is 10.0. The van der Waals surface area contributed by atoms with Crippen LogP contribution < -0.4 is 5.32 Å². The van der Waals surface area contributed by atoms with Crippen LogP contribution in [0.3, 0.4) is 0 Å². The van der Waals surface area contributed by atoms with E-state index in [0.29, 0.717) is 10.9 Å². The van der Waals surface area contributed by atoms with Crippen LogP contribution in [-0.2, 0) is 0 Å². The summed E-state index contributed by atoms with van der Waals surface area (Å²) in [6, 6.07) is 0. The molecule has 2 rings (SSSR count). The summed E-state index contributed by atoms with van der Waals surface area (Å²) in [4.78, 5) is 15.9. The maximum Gasteiger partial charge on any atom is 0.277 e. The molecule has 0 aliphatic rings. The van der Waals surface area contributed by atoms with Crippen molar-refractivity contribution in [3.63, 3.8) is 0 Å². The second-order valence-corrected chi connectivity index (χ2v) is 6.92. The first-order valence-electron chi connectivity index (χ1n) is 5.41. The number of amides is 1. The molecule has 0 saturated carbocycles. The number of hydrogen-bond donors (Lipinski definition) is 1. The maximum absolute atomic E-state index is 12.1. The number of nitrogens with zero attached hydrogens (tertiary/aromatic N) is 3. The van der Waals surface area contributed by atoms with Gasteiger partial charge in [0, 0.05) is 11.9 Å². The minimum absolute atomic E-state index is 0.00700. The molecular formula is C11H7Cl3N4OS2. The smallest absolute Gasteiger partial charge is 0.277 e. The molecule has 21 heavy (non-hydrogen) atoms. The summed E-state index contributed by atoms with van der Waals surface area (Å²) in [7, 11) is 0. The Bertz CT molecular complexity index is 692. The van der Waals surface area contributed by atoms with Crippen molar-refractivity contribution < 1.29 is 4.79 Å². The van der Waals surface area contributed by atoms with Gasteiger partial charge in [0.05, 0.1) is 15.1 Å². The highest BCUT2D eigenvalue weighted by Crippen LogP contribution is 2.32. The summed E-state index contributed by atoms with van der Waals surface area (Å²) >= 11 is 20.3. The van der Waals surface area contributed by atoms with E-state index in [4.69, 9.17) is 34.8 Å². The molecule has 0 spiro atoms. The Kier molecular flexibility index (Phi) is 5.83. The molecule has 0 fully saturated rings. The van der Waals surface area contributed by atoms with Crippen LogP contribution in [-0.4, -0.2) is 26.8 Å². The summed E-state index contributed by atoms with van der Waals surface area (Å²) in [5.41, 5.74) is -0.0263. The van der Waals surface area contributed by atoms with Gasteiger partial charge in [-0.2, -0.15) is 0 Å². The highest BCUT2D eigenvalue weighted by atomic mass is 35.5. The van der Waals surface area contributed by atoms with Gasteiger partial charge in [0.25, 0.3) is 5.91 Å². The number of carbonyl (C=O) groups is 1. The van der Waals surface area contributed by atoms with E-state index in [2.05, 4.69) is 27.1 Å². The average Bonchev–Trinajstić information content (AvgIpc) is 2.90. The molecular weight excluding hydrogens is 375 g/mol. The van der Waals surface area contributed by atoms with Crippen molar-refractivity contribution in [2.24, 2.45) is 0 Å². The number of aromatic nitrogens is 3. The van der Waals surface area contributed by atoms with E-state index in [1.54, 1.807) is 6.08 Å². The van der Waals surface area contributed by atoms with Crippen LogP contribution >= 0.6 is 57.9 Å². The van der Waals surface area contributed by atoms with E-state index >= 15 is 0 Å². The third-order valence-electron chi connectivity index (χ3n) is 2.08. The zero-order chi connectivity index (χ0) is 15.4. The predicted octanol–water partition coefficient (Wildman–Crippen LogP) is 4.42. The van der Waals surface area contributed by atoms with Crippen molar-refractivity contribution in [1.82, 2.24) is 15.2 Å². The van der Waals surface area contributed by atoms with Crippen LogP contribution in [0.1, 0.15) is 10.5 Å². The third-order valence-corrected chi connectivity index (χ3v) is 5.29. The van der Waals surface area contributed by atoms with E-state index in [-0.39, 0.29) is 20.8 Å². The van der Waals surface area contributed by atoms with Gasteiger partial charge in [0.1, 0.15) is 5.69 Å². The summed E-state index contributed by atoms with van der Waals surface area (Å²) in [5.74, 6) is 0.179. The lowest BCUT2D eigenvalue weighted by Gasteiger charge is -2.05. The largest absolute Gasteiger partial charge is 0.295 e. The number of halogens is 3. The molecule has 0 aliphatic heterocycles. The first kappa shape index (κ1) is 16.5. The molecule has 0 unspecified atom stereocenters. The van der Waals surface area contributed by atoms with Crippen LogP contribution in [0.5, 0.6) is 0 Å². The number of hydrogen-bond acceptors (Lipinski definition) is 6. The second-order valence-electron chi connectivity index (χ2n) is 3.51. The van der Waals surface area contributed by atoms with Gasteiger partial charge in [-0.25, -0.2) is 4.98 Å². The molecule has 0 saturated heterocycles. The van der Waals surface area contributed by atoms with Gasteiger partial charge < -0.3 is 0 Å². The molecule has 0 bridgehead atoms. The number of pyridine rings is 1. The Balaban J connectivity index is 2.13. The predicted molar refractivity (Wildman–Crippen MR) is 88.1 cm³/mol. The van der Waals surface area contributed by atoms with Crippen molar-refractivity contribution in [2.75, 3.05) is 11.1 Å². The van der Waals surface area contributed by atoms with E-state index in [1.165, 1.54) is 29.3 Å². The SMILES string of the molecule is C=CCSc1nnc(NC(=O)c2ncc(Cl)c(Cl)c2Cl)s1. The molecule has 110 valence electrons. The molecule has 0 atom stereocenters. The van der Waals surface area contributed by atoms with E-state index in [0.717, 1.165) is 4.34 Å². The average molecular weight is 382 g/mol. The van der Waals surface area contributed by atoms with Gasteiger partial charge in [0.15, 0.2) is 4.34 Å². The minimum Gasteiger partial charge on any atom is -0.295 e. The number of carbonyl (C=O) groups excluding carboxylic acids is 1. The summed E-state index contributed by atoms with van der Waals surface area (Å²) in [6.07, 6.45) is 3.01. The van der Waals surface area contributed by atoms with Crippen LogP contribution in [0.4, 0.5) is 5.13 Å². The lowest BCUT2D eigenvalue weighted by molar-refractivity contribution is 0.102. The van der Waals surface area contributed by atoms with Crippen LogP contribution in [0.2, 0.25) is 15.1 Å². The molecule has 1 amide bonds. The highest BCUT2D eigenvalue weighted by Gasteiger charge is 2.18. The zero-order valence-electron chi connectivity index (χ0n) is 10.3. The van der Waals surface area contributed by atoms with Gasteiger partial charge in [-0.3, -0.25) is 10.1 Å². The molecule has 0 radical (unpaired) electrons. The second kappa shape index (κ2) is 7.42. The van der Waals surface area contributed by atoms with E-state index in [9.17, 15) is 4.79 Å². The fourth-order valence-corrected chi connectivity index (χ4v) is 3.28. The van der Waals surface area contributed by atoms with Gasteiger partial charge >= 0.3 is 0 Å². The Labute approximate surface area is 143 Å². The van der Waals surface area contributed by atoms with Gasteiger partial charge in [-0.1, -0.05) is 64.0 Å². The summed E-state index contributed by atoms with van der Waals surface area (Å²) in [5, 5.41) is 10.9. The molecule has 5 nitrogen and oxygen atoms in total. The number of thioether (sulfide) groups is 1. The van der Waals surface area contributed by atoms with E-state index < -0.39 is 5.91 Å². The van der Waals surface area contributed by atoms with Crippen LogP contribution in [0.25, 0.3) is 0 Å². The van der Waals surface area contributed by atoms with Gasteiger partial charge in [0.2, 0.25) is 5.13 Å². The summed E-state index contributed by atoms with van der Waals surface area (Å²) in [6.45, 7) is 3.62. The zero-order valence-corrected chi connectivity index (χ0v) is 14.2. The minimum atomic E-state index is -0.532. The quantitative estimate of drug-likeness (QED) is 0.471. The monoisotopic (exact) mass is 380 g/mol. The van der Waals surface area contributed by atoms with E-state index in [1.807, 2.05) is 0 Å². The van der Waals surface area contributed by atoms with Crippen molar-refractivity contribution >= 4 is 68.9 Å². The van der Waals surface area contributed by atoms with Crippen molar-refractivity contribution in [2.45, 2.75) is 4.34 Å². The van der Waals surface area contributed by atoms with Gasteiger partial charge in [-0.05, 0) is 0 Å². The maximum atomic E-state index is 12.1. The first-order valence-corrected chi connectivity index (χ1v) is 8.34. The number of rotatable bonds is 5. The number of nitrogens with one attached hydrogen (secondary N) is 1. The summed E-state index contributed by atoms with van der Waals surface area (Å²) < 4.78 is 0.721. The number of anilines is 1. The Morgan fingerprint density at radius 1 is 1.38 bits per heavy atom. The topological polar surface area (TPSA) is 67.8 Å². The van der Waals surface area contributed by atoms with Crippen molar-refractivity contribution in [1.29, 1.82) is 0 Å². The molecule has 2 heterocycles. The molecule has 0 aromatic carbocycles. The van der Waals surface area contributed by atoms with Crippen molar-refractivity contribution in [3.05, 3.63) is 39.6 Å². The lowest BCUT2D eigenvalue weighted by atomic mass is 10.3. The van der Waals surface area contributed by atoms with Crippen molar-refractivity contribution in [3.8, 4) is 0 Å². The molecule has 2 aromatic rings. The normalized spacial score (nSPS) is 10.4. The molecule has 2 aromatic heterocycles.